The Labute approximate surface area is 122 Å². The lowest BCUT2D eigenvalue weighted by molar-refractivity contribution is 0.280. The highest BCUT2D eigenvalue weighted by Crippen LogP contribution is 2.36. The lowest BCUT2D eigenvalue weighted by Gasteiger charge is -2.25. The molecule has 2 N–H and O–H groups in total. The predicted molar refractivity (Wildman–Crippen MR) is 83.0 cm³/mol. The van der Waals surface area contributed by atoms with Crippen LogP contribution in [0.4, 0.5) is 0 Å². The second-order valence-electron chi connectivity index (χ2n) is 6.49. The van der Waals surface area contributed by atoms with Gasteiger partial charge in [0.1, 0.15) is 5.75 Å². The largest absolute Gasteiger partial charge is 0.493 e. The third-order valence-corrected chi connectivity index (χ3v) is 4.93. The van der Waals surface area contributed by atoms with E-state index in [1.54, 1.807) is 0 Å². The molecule has 0 radical (unpaired) electrons. The van der Waals surface area contributed by atoms with Crippen LogP contribution in [0.25, 0.3) is 0 Å². The van der Waals surface area contributed by atoms with Crippen LogP contribution in [0.5, 0.6) is 5.75 Å². The molecule has 3 rings (SSSR count). The summed E-state index contributed by atoms with van der Waals surface area (Å²) in [4.78, 5) is 0. The Morgan fingerprint density at radius 2 is 1.90 bits per heavy atom. The maximum atomic E-state index is 6.52. The fraction of sp³-hybridized carbons (Fsp3) is 0.667. The summed E-state index contributed by atoms with van der Waals surface area (Å²) in [5.74, 6) is 1.91. The van der Waals surface area contributed by atoms with Crippen molar-refractivity contribution in [2.24, 2.45) is 11.7 Å². The lowest BCUT2D eigenvalue weighted by atomic mass is 9.88. The number of benzene rings is 1. The fourth-order valence-corrected chi connectivity index (χ4v) is 3.79. The number of aryl methyl sites for hydroxylation is 1. The first-order valence-electron chi connectivity index (χ1n) is 8.35. The van der Waals surface area contributed by atoms with E-state index in [0.717, 1.165) is 37.5 Å². The van der Waals surface area contributed by atoms with Gasteiger partial charge >= 0.3 is 0 Å². The Bertz CT molecular complexity index is 435. The van der Waals surface area contributed by atoms with Gasteiger partial charge in [0.25, 0.3) is 0 Å². The van der Waals surface area contributed by atoms with E-state index in [1.165, 1.54) is 49.7 Å². The minimum atomic E-state index is 0.145. The molecule has 1 aliphatic carbocycles. The molecule has 2 aliphatic rings. The van der Waals surface area contributed by atoms with Gasteiger partial charge in [0, 0.05) is 11.6 Å². The molecule has 0 amide bonds. The Morgan fingerprint density at radius 1 is 1.10 bits per heavy atom. The Morgan fingerprint density at radius 3 is 2.70 bits per heavy atom. The standard InChI is InChI=1S/C18H27NO/c19-17(13-14-7-3-1-2-4-8-14)16-11-5-9-15-10-6-12-20-18(15)16/h5,9,11,14,17H,1-4,6-8,10,12-13,19H2. The first kappa shape index (κ1) is 13.9. The predicted octanol–water partition coefficient (Wildman–Crippen LogP) is 4.37. The molecule has 2 heteroatoms. The summed E-state index contributed by atoms with van der Waals surface area (Å²) in [6.45, 7) is 0.847. The third-order valence-electron chi connectivity index (χ3n) is 4.93. The third kappa shape index (κ3) is 3.17. The van der Waals surface area contributed by atoms with Gasteiger partial charge in [0.2, 0.25) is 0 Å². The van der Waals surface area contributed by atoms with Crippen molar-refractivity contribution >= 4 is 0 Å². The number of fused-ring (bicyclic) bond motifs is 1. The van der Waals surface area contributed by atoms with Gasteiger partial charge in [-0.2, -0.15) is 0 Å². The molecule has 1 saturated carbocycles. The topological polar surface area (TPSA) is 35.2 Å². The van der Waals surface area contributed by atoms with Crippen LogP contribution in [0, 0.1) is 5.92 Å². The van der Waals surface area contributed by atoms with Gasteiger partial charge in [-0.1, -0.05) is 56.7 Å². The highest BCUT2D eigenvalue weighted by atomic mass is 16.5. The molecule has 1 aromatic rings. The van der Waals surface area contributed by atoms with Crippen molar-refractivity contribution in [3.8, 4) is 5.75 Å². The number of rotatable bonds is 3. The van der Waals surface area contributed by atoms with Crippen molar-refractivity contribution in [1.29, 1.82) is 0 Å². The zero-order valence-electron chi connectivity index (χ0n) is 12.4. The summed E-state index contributed by atoms with van der Waals surface area (Å²) < 4.78 is 5.91. The van der Waals surface area contributed by atoms with E-state index in [0.29, 0.717) is 0 Å². The summed E-state index contributed by atoms with van der Waals surface area (Å²) in [5, 5.41) is 0. The molecule has 0 bridgehead atoms. The highest BCUT2D eigenvalue weighted by Gasteiger charge is 2.22. The summed E-state index contributed by atoms with van der Waals surface area (Å²) in [6, 6.07) is 6.66. The van der Waals surface area contributed by atoms with Gasteiger partial charge in [0.05, 0.1) is 6.61 Å². The van der Waals surface area contributed by atoms with Crippen LogP contribution in [0.1, 0.15) is 68.5 Å². The van der Waals surface area contributed by atoms with E-state index in [-0.39, 0.29) is 6.04 Å². The van der Waals surface area contributed by atoms with E-state index >= 15 is 0 Å². The SMILES string of the molecule is NC(CC1CCCCCC1)c1cccc2c1OCCC2. The molecule has 0 saturated heterocycles. The smallest absolute Gasteiger partial charge is 0.127 e. The summed E-state index contributed by atoms with van der Waals surface area (Å²) in [7, 11) is 0. The molecule has 2 nitrogen and oxygen atoms in total. The molecular formula is C18H27NO. The van der Waals surface area contributed by atoms with Crippen LogP contribution < -0.4 is 10.5 Å². The summed E-state index contributed by atoms with van der Waals surface area (Å²) in [6.07, 6.45) is 11.7. The van der Waals surface area contributed by atoms with Crippen molar-refractivity contribution in [3.05, 3.63) is 29.3 Å². The first-order chi connectivity index (χ1) is 9.84. The zero-order chi connectivity index (χ0) is 13.8. The van der Waals surface area contributed by atoms with Crippen LogP contribution in [0.3, 0.4) is 0 Å². The molecular weight excluding hydrogens is 246 g/mol. The minimum Gasteiger partial charge on any atom is -0.493 e. The summed E-state index contributed by atoms with van der Waals surface area (Å²) in [5.41, 5.74) is 9.11. The molecule has 1 aromatic carbocycles. The van der Waals surface area contributed by atoms with Gasteiger partial charge in [-0.05, 0) is 30.7 Å². The van der Waals surface area contributed by atoms with Gasteiger partial charge in [0.15, 0.2) is 0 Å². The van der Waals surface area contributed by atoms with Crippen molar-refractivity contribution < 1.29 is 4.74 Å². The van der Waals surface area contributed by atoms with Crippen LogP contribution in [0.15, 0.2) is 18.2 Å². The van der Waals surface area contributed by atoms with E-state index in [9.17, 15) is 0 Å². The van der Waals surface area contributed by atoms with E-state index in [2.05, 4.69) is 18.2 Å². The van der Waals surface area contributed by atoms with Gasteiger partial charge in [-0.3, -0.25) is 0 Å². The van der Waals surface area contributed by atoms with Crippen LogP contribution in [0.2, 0.25) is 0 Å². The molecule has 0 aromatic heterocycles. The monoisotopic (exact) mass is 273 g/mol. The quantitative estimate of drug-likeness (QED) is 0.830. The second-order valence-corrected chi connectivity index (χ2v) is 6.49. The van der Waals surface area contributed by atoms with Gasteiger partial charge < -0.3 is 10.5 Å². The molecule has 1 heterocycles. The Kier molecular flexibility index (Phi) is 4.62. The Balaban J connectivity index is 1.71. The van der Waals surface area contributed by atoms with Crippen molar-refractivity contribution in [2.45, 2.75) is 63.8 Å². The molecule has 1 fully saturated rings. The molecule has 1 atom stereocenters. The van der Waals surface area contributed by atoms with Crippen molar-refractivity contribution in [2.75, 3.05) is 6.61 Å². The number of para-hydroxylation sites is 1. The molecule has 110 valence electrons. The maximum absolute atomic E-state index is 6.52. The normalized spacial score (nSPS) is 21.6. The molecule has 0 spiro atoms. The van der Waals surface area contributed by atoms with Crippen LogP contribution in [-0.2, 0) is 6.42 Å². The maximum Gasteiger partial charge on any atom is 0.127 e. The number of hydrogen-bond acceptors (Lipinski definition) is 2. The molecule has 1 unspecified atom stereocenters. The van der Waals surface area contributed by atoms with E-state index < -0.39 is 0 Å². The second kappa shape index (κ2) is 6.62. The minimum absolute atomic E-state index is 0.145. The van der Waals surface area contributed by atoms with Crippen molar-refractivity contribution in [3.63, 3.8) is 0 Å². The van der Waals surface area contributed by atoms with Crippen LogP contribution in [-0.4, -0.2) is 6.61 Å². The average molecular weight is 273 g/mol. The highest BCUT2D eigenvalue weighted by molar-refractivity contribution is 5.44. The van der Waals surface area contributed by atoms with Gasteiger partial charge in [-0.25, -0.2) is 0 Å². The van der Waals surface area contributed by atoms with Gasteiger partial charge in [-0.15, -0.1) is 0 Å². The number of ether oxygens (including phenoxy) is 1. The summed E-state index contributed by atoms with van der Waals surface area (Å²) >= 11 is 0. The van der Waals surface area contributed by atoms with Crippen molar-refractivity contribution in [1.82, 2.24) is 0 Å². The Hall–Kier alpha value is -1.02. The molecule has 1 aliphatic heterocycles. The lowest BCUT2D eigenvalue weighted by Crippen LogP contribution is -2.19. The number of hydrogen-bond donors (Lipinski definition) is 1. The van der Waals surface area contributed by atoms with E-state index in [1.807, 2.05) is 0 Å². The fourth-order valence-electron chi connectivity index (χ4n) is 3.79. The number of nitrogens with two attached hydrogens (primary N) is 1. The van der Waals surface area contributed by atoms with Crippen LogP contribution >= 0.6 is 0 Å². The first-order valence-corrected chi connectivity index (χ1v) is 8.35. The average Bonchev–Trinajstić information content (AvgIpc) is 2.75. The molecule has 20 heavy (non-hydrogen) atoms. The zero-order valence-corrected chi connectivity index (χ0v) is 12.4. The van der Waals surface area contributed by atoms with E-state index in [4.69, 9.17) is 10.5 Å².